The molecule has 0 saturated heterocycles. The van der Waals surface area contributed by atoms with E-state index in [0.29, 0.717) is 11.4 Å². The van der Waals surface area contributed by atoms with Crippen molar-refractivity contribution in [2.24, 2.45) is 5.41 Å². The van der Waals surface area contributed by atoms with Gasteiger partial charge in [-0.3, -0.25) is 4.79 Å². The molecule has 0 aliphatic heterocycles. The molecule has 6 heteroatoms. The molecule has 1 aromatic heterocycles. The Hall–Kier alpha value is -3.15. The SMILES string of the molecule is C=C/C=C\C(=C)COc1ccc(C(=O)NC(/C=C/C(C)(C)C)C(=O)OCC)cn1.[HH]. The summed E-state index contributed by atoms with van der Waals surface area (Å²) in [5, 5.41) is 2.67. The van der Waals surface area contributed by atoms with Gasteiger partial charge in [0.1, 0.15) is 12.6 Å². The van der Waals surface area contributed by atoms with E-state index in [9.17, 15) is 9.59 Å². The van der Waals surface area contributed by atoms with E-state index >= 15 is 0 Å². The van der Waals surface area contributed by atoms with Crippen LogP contribution >= 0.6 is 0 Å². The lowest BCUT2D eigenvalue weighted by molar-refractivity contribution is -0.144. The molecule has 0 bridgehead atoms. The molecule has 0 aliphatic rings. The molecule has 0 fully saturated rings. The van der Waals surface area contributed by atoms with Crippen LogP contribution in [0.2, 0.25) is 0 Å². The van der Waals surface area contributed by atoms with Crippen LogP contribution in [0.1, 0.15) is 39.5 Å². The summed E-state index contributed by atoms with van der Waals surface area (Å²) in [5.74, 6) is -0.580. The third kappa shape index (κ3) is 9.55. The lowest BCUT2D eigenvalue weighted by atomic mass is 9.95. The Morgan fingerprint density at radius 2 is 2.07 bits per heavy atom. The summed E-state index contributed by atoms with van der Waals surface area (Å²) in [5.41, 5.74) is 0.929. The van der Waals surface area contributed by atoms with Gasteiger partial charge in [-0.2, -0.15) is 0 Å². The second kappa shape index (κ2) is 11.6. The molecule has 1 N–H and O–H groups in total. The number of nitrogens with one attached hydrogen (secondary N) is 1. The molecule has 0 aliphatic carbocycles. The molecule has 158 valence electrons. The monoisotopic (exact) mass is 400 g/mol. The van der Waals surface area contributed by atoms with Gasteiger partial charge in [0.25, 0.3) is 5.91 Å². The summed E-state index contributed by atoms with van der Waals surface area (Å²) in [6, 6.07) is 2.29. The van der Waals surface area contributed by atoms with E-state index in [0.717, 1.165) is 5.57 Å². The third-order valence-electron chi connectivity index (χ3n) is 3.49. The minimum atomic E-state index is -0.877. The number of pyridine rings is 1. The standard InChI is InChI=1S/C23H30N2O4.H2/c1-7-9-10-17(3)16-29-20-12-11-18(15-24-20)21(26)25-19(22(27)28-8-2)13-14-23(4,5)6;/h7,9-15,19H,1,3,8,16H2,2,4-6H3,(H,25,26);1H/b10-9-,14-13+;. The summed E-state index contributed by atoms with van der Waals surface area (Å²) < 4.78 is 10.6. The lowest BCUT2D eigenvalue weighted by Crippen LogP contribution is -2.40. The number of amides is 1. The average Bonchev–Trinajstić information content (AvgIpc) is 2.67. The van der Waals surface area contributed by atoms with Gasteiger partial charge < -0.3 is 14.8 Å². The van der Waals surface area contributed by atoms with Gasteiger partial charge in [0.2, 0.25) is 5.88 Å². The zero-order chi connectivity index (χ0) is 21.9. The number of carbonyl (C=O) groups is 2. The summed E-state index contributed by atoms with van der Waals surface area (Å²) in [7, 11) is 0. The Morgan fingerprint density at radius 1 is 1.34 bits per heavy atom. The molecular weight excluding hydrogens is 368 g/mol. The Kier molecular flexibility index (Phi) is 9.59. The number of esters is 1. The maximum absolute atomic E-state index is 12.5. The van der Waals surface area contributed by atoms with Crippen LogP contribution in [0.3, 0.4) is 0 Å². The van der Waals surface area contributed by atoms with Gasteiger partial charge >= 0.3 is 5.97 Å². The van der Waals surface area contributed by atoms with Gasteiger partial charge in [0.15, 0.2) is 0 Å². The Morgan fingerprint density at radius 3 is 2.62 bits per heavy atom. The minimum Gasteiger partial charge on any atom is -0.473 e. The summed E-state index contributed by atoms with van der Waals surface area (Å²) in [6.45, 7) is 15.7. The normalized spacial score (nSPS) is 12.6. The van der Waals surface area contributed by atoms with Crippen molar-refractivity contribution in [3.05, 3.63) is 73.0 Å². The van der Waals surface area contributed by atoms with Crippen LogP contribution in [0, 0.1) is 5.41 Å². The smallest absolute Gasteiger partial charge is 0.332 e. The highest BCUT2D eigenvalue weighted by Gasteiger charge is 2.21. The van der Waals surface area contributed by atoms with Crippen LogP contribution in [0.5, 0.6) is 5.88 Å². The predicted molar refractivity (Wildman–Crippen MR) is 117 cm³/mol. The van der Waals surface area contributed by atoms with Gasteiger partial charge in [-0.05, 0) is 24.0 Å². The van der Waals surface area contributed by atoms with Crippen LogP contribution < -0.4 is 10.1 Å². The summed E-state index contributed by atoms with van der Waals surface area (Å²) in [4.78, 5) is 28.8. The predicted octanol–water partition coefficient (Wildman–Crippen LogP) is 4.27. The van der Waals surface area contributed by atoms with E-state index in [1.165, 1.54) is 6.20 Å². The average molecular weight is 401 g/mol. The van der Waals surface area contributed by atoms with Gasteiger partial charge in [-0.15, -0.1) is 0 Å². The Bertz CT molecular complexity index is 777. The van der Waals surface area contributed by atoms with E-state index in [4.69, 9.17) is 9.47 Å². The molecule has 1 unspecified atom stereocenters. The number of aromatic nitrogens is 1. The van der Waals surface area contributed by atoms with E-state index in [2.05, 4.69) is 23.5 Å². The number of carbonyl (C=O) groups excluding carboxylic acids is 2. The molecule has 0 saturated carbocycles. The lowest BCUT2D eigenvalue weighted by Gasteiger charge is -2.17. The van der Waals surface area contributed by atoms with Crippen molar-refractivity contribution in [2.45, 2.75) is 33.7 Å². The second-order valence-corrected chi connectivity index (χ2v) is 7.36. The molecule has 1 rings (SSSR count). The molecule has 0 spiro atoms. The summed E-state index contributed by atoms with van der Waals surface area (Å²) in [6.07, 6.45) is 10.1. The van der Waals surface area contributed by atoms with Crippen molar-refractivity contribution >= 4 is 11.9 Å². The maximum Gasteiger partial charge on any atom is 0.332 e. The minimum absolute atomic E-state index is 0. The zero-order valence-corrected chi connectivity index (χ0v) is 17.6. The van der Waals surface area contributed by atoms with Crippen molar-refractivity contribution < 1.29 is 20.5 Å². The van der Waals surface area contributed by atoms with Crippen LogP contribution in [0.25, 0.3) is 0 Å². The highest BCUT2D eigenvalue weighted by molar-refractivity contribution is 5.97. The van der Waals surface area contributed by atoms with Crippen LogP contribution in [-0.4, -0.2) is 36.1 Å². The van der Waals surface area contributed by atoms with Crippen LogP contribution in [0.4, 0.5) is 0 Å². The number of rotatable bonds is 10. The Balaban J connectivity index is 0.00000841. The van der Waals surface area contributed by atoms with Crippen molar-refractivity contribution in [3.8, 4) is 5.88 Å². The number of hydrogen-bond acceptors (Lipinski definition) is 5. The van der Waals surface area contributed by atoms with E-state index < -0.39 is 17.9 Å². The topological polar surface area (TPSA) is 77.5 Å². The van der Waals surface area contributed by atoms with Gasteiger partial charge in [-0.25, -0.2) is 9.78 Å². The molecule has 29 heavy (non-hydrogen) atoms. The first kappa shape index (κ1) is 23.9. The van der Waals surface area contributed by atoms with Crippen molar-refractivity contribution in [2.75, 3.05) is 13.2 Å². The van der Waals surface area contributed by atoms with E-state index in [1.54, 1.807) is 43.4 Å². The Labute approximate surface area is 174 Å². The fraction of sp³-hybridized carbons (Fsp3) is 0.348. The highest BCUT2D eigenvalue weighted by Crippen LogP contribution is 2.15. The highest BCUT2D eigenvalue weighted by atomic mass is 16.5. The zero-order valence-electron chi connectivity index (χ0n) is 17.6. The fourth-order valence-electron chi connectivity index (χ4n) is 2.05. The summed E-state index contributed by atoms with van der Waals surface area (Å²) >= 11 is 0. The number of nitrogens with zero attached hydrogens (tertiary/aromatic N) is 1. The van der Waals surface area contributed by atoms with Gasteiger partial charge in [-0.1, -0.05) is 64.3 Å². The first-order chi connectivity index (χ1) is 13.7. The van der Waals surface area contributed by atoms with Crippen molar-refractivity contribution in [1.82, 2.24) is 10.3 Å². The first-order valence-corrected chi connectivity index (χ1v) is 9.39. The number of hydrogen-bond donors (Lipinski definition) is 1. The van der Waals surface area contributed by atoms with E-state index in [-0.39, 0.29) is 20.1 Å². The van der Waals surface area contributed by atoms with Crippen LogP contribution in [0.15, 0.2) is 67.4 Å². The molecule has 1 atom stereocenters. The molecule has 0 radical (unpaired) electrons. The van der Waals surface area contributed by atoms with Crippen molar-refractivity contribution in [1.29, 1.82) is 0 Å². The molecule has 0 aromatic carbocycles. The number of allylic oxidation sites excluding steroid dienone is 3. The molecule has 1 aromatic rings. The van der Waals surface area contributed by atoms with Gasteiger partial charge in [0.05, 0.1) is 12.2 Å². The first-order valence-electron chi connectivity index (χ1n) is 9.39. The molecule has 1 amide bonds. The van der Waals surface area contributed by atoms with Crippen LogP contribution in [-0.2, 0) is 9.53 Å². The quantitative estimate of drug-likeness (QED) is 0.361. The van der Waals surface area contributed by atoms with E-state index in [1.807, 2.05) is 26.8 Å². The third-order valence-corrected chi connectivity index (χ3v) is 3.49. The molecule has 6 nitrogen and oxygen atoms in total. The second-order valence-electron chi connectivity index (χ2n) is 7.36. The molecule has 1 heterocycles. The van der Waals surface area contributed by atoms with Gasteiger partial charge in [0, 0.05) is 13.7 Å². The fourth-order valence-corrected chi connectivity index (χ4v) is 2.05. The largest absolute Gasteiger partial charge is 0.473 e. The molecular formula is C23H32N2O4. The van der Waals surface area contributed by atoms with Crippen molar-refractivity contribution in [3.63, 3.8) is 0 Å². The maximum atomic E-state index is 12.5. The number of ether oxygens (including phenoxy) is 2.